The minimum absolute atomic E-state index is 0.0105. The van der Waals surface area contributed by atoms with Crippen LogP contribution >= 0.6 is 0 Å². The van der Waals surface area contributed by atoms with Gasteiger partial charge >= 0.3 is 5.91 Å². The Labute approximate surface area is 139 Å². The minimum Gasteiger partial charge on any atom is -0.437 e. The van der Waals surface area contributed by atoms with Gasteiger partial charge in [-0.3, -0.25) is 4.79 Å². The molecule has 1 aromatic heterocycles. The van der Waals surface area contributed by atoms with E-state index in [1.54, 1.807) is 6.20 Å². The quantitative estimate of drug-likeness (QED) is 0.826. The molecule has 1 unspecified atom stereocenters. The van der Waals surface area contributed by atoms with E-state index in [9.17, 15) is 13.6 Å². The second-order valence-corrected chi connectivity index (χ2v) is 7.10. The number of hydrogen-bond donors (Lipinski definition) is 0. The normalized spacial score (nSPS) is 18.2. The Kier molecular flexibility index (Phi) is 4.15. The molecule has 2 heterocycles. The molecule has 2 aromatic rings. The van der Waals surface area contributed by atoms with Gasteiger partial charge in [-0.25, -0.2) is 13.8 Å². The summed E-state index contributed by atoms with van der Waals surface area (Å²) in [5.41, 5.74) is -0.0617. The summed E-state index contributed by atoms with van der Waals surface area (Å²) < 4.78 is 33.2. The number of oxazole rings is 1. The van der Waals surface area contributed by atoms with Gasteiger partial charge in [0.2, 0.25) is 0 Å². The van der Waals surface area contributed by atoms with E-state index in [4.69, 9.17) is 4.42 Å². The van der Waals surface area contributed by atoms with Gasteiger partial charge in [0.1, 0.15) is 17.4 Å². The second-order valence-electron chi connectivity index (χ2n) is 7.10. The van der Waals surface area contributed by atoms with Crippen LogP contribution in [0, 0.1) is 11.6 Å². The van der Waals surface area contributed by atoms with Gasteiger partial charge in [-0.05, 0) is 31.0 Å². The van der Waals surface area contributed by atoms with Crippen molar-refractivity contribution >= 4 is 5.91 Å². The highest BCUT2D eigenvalue weighted by Crippen LogP contribution is 2.35. The van der Waals surface area contributed by atoms with Gasteiger partial charge in [0.05, 0.1) is 12.2 Å². The van der Waals surface area contributed by atoms with Gasteiger partial charge in [0.15, 0.2) is 0 Å². The molecule has 0 radical (unpaired) electrons. The van der Waals surface area contributed by atoms with Crippen LogP contribution in [0.25, 0.3) is 0 Å². The molecule has 1 fully saturated rings. The highest BCUT2D eigenvalue weighted by molar-refractivity contribution is 5.90. The van der Waals surface area contributed by atoms with Crippen LogP contribution in [0.15, 0.2) is 28.8 Å². The number of carbonyl (C=O) groups excluding carboxylic acids is 1. The fourth-order valence-electron chi connectivity index (χ4n) is 2.95. The van der Waals surface area contributed by atoms with E-state index in [1.807, 2.05) is 20.8 Å². The van der Waals surface area contributed by atoms with Crippen molar-refractivity contribution in [1.29, 1.82) is 0 Å². The Hall–Kier alpha value is -2.24. The molecule has 0 aliphatic carbocycles. The zero-order chi connectivity index (χ0) is 17.5. The molecule has 1 aromatic carbocycles. The summed E-state index contributed by atoms with van der Waals surface area (Å²) in [6.07, 6.45) is 2.85. The molecule has 1 aliphatic heterocycles. The average Bonchev–Trinajstić information content (AvgIpc) is 3.17. The highest BCUT2D eigenvalue weighted by Gasteiger charge is 2.35. The van der Waals surface area contributed by atoms with Crippen molar-refractivity contribution in [3.63, 3.8) is 0 Å². The summed E-state index contributed by atoms with van der Waals surface area (Å²) in [5.74, 6) is -0.820. The Balaban J connectivity index is 1.89. The topological polar surface area (TPSA) is 46.3 Å². The molecule has 1 atom stereocenters. The maximum absolute atomic E-state index is 14.1. The Morgan fingerprint density at radius 3 is 2.75 bits per heavy atom. The first-order chi connectivity index (χ1) is 11.3. The van der Waals surface area contributed by atoms with Crippen LogP contribution in [-0.2, 0) is 5.41 Å². The Morgan fingerprint density at radius 2 is 2.08 bits per heavy atom. The van der Waals surface area contributed by atoms with Crippen molar-refractivity contribution in [1.82, 2.24) is 9.88 Å². The van der Waals surface area contributed by atoms with Gasteiger partial charge in [-0.2, -0.15) is 0 Å². The van der Waals surface area contributed by atoms with Gasteiger partial charge in [0, 0.05) is 17.5 Å². The molecule has 6 heteroatoms. The lowest BCUT2D eigenvalue weighted by molar-refractivity contribution is 0.0689. The zero-order valence-corrected chi connectivity index (χ0v) is 14.0. The highest BCUT2D eigenvalue weighted by atomic mass is 19.1. The third-order valence-corrected chi connectivity index (χ3v) is 4.26. The van der Waals surface area contributed by atoms with Crippen LogP contribution in [0.1, 0.15) is 61.7 Å². The fraction of sp³-hybridized carbons (Fsp3) is 0.444. The molecule has 1 amide bonds. The van der Waals surface area contributed by atoms with Crippen molar-refractivity contribution in [2.24, 2.45) is 0 Å². The lowest BCUT2D eigenvalue weighted by atomic mass is 9.94. The molecule has 0 saturated carbocycles. The van der Waals surface area contributed by atoms with Crippen molar-refractivity contribution < 1.29 is 18.0 Å². The molecular formula is C18H20F2N2O2. The first-order valence-electron chi connectivity index (χ1n) is 7.99. The van der Waals surface area contributed by atoms with Gasteiger partial charge in [0.25, 0.3) is 5.89 Å². The van der Waals surface area contributed by atoms with E-state index in [0.29, 0.717) is 18.7 Å². The van der Waals surface area contributed by atoms with E-state index in [1.165, 1.54) is 4.90 Å². The van der Waals surface area contributed by atoms with Gasteiger partial charge in [-0.1, -0.05) is 20.8 Å². The minimum atomic E-state index is -0.517. The number of halogens is 2. The molecule has 128 valence electrons. The summed E-state index contributed by atoms with van der Waals surface area (Å²) in [6.45, 7) is 6.35. The fourth-order valence-corrected chi connectivity index (χ4v) is 2.95. The van der Waals surface area contributed by atoms with E-state index in [0.717, 1.165) is 24.6 Å². The SMILES string of the molecule is CC(C)(C)c1cnc(C(=O)N2CCCC2c2cc(F)ccc2F)o1. The molecule has 24 heavy (non-hydrogen) atoms. The number of likely N-dealkylation sites (tertiary alicyclic amines) is 1. The van der Waals surface area contributed by atoms with Gasteiger partial charge in [-0.15, -0.1) is 0 Å². The van der Waals surface area contributed by atoms with Crippen LogP contribution < -0.4 is 0 Å². The summed E-state index contributed by atoms with van der Waals surface area (Å²) in [4.78, 5) is 18.3. The van der Waals surface area contributed by atoms with Crippen molar-refractivity contribution in [2.45, 2.75) is 45.1 Å². The van der Waals surface area contributed by atoms with E-state index in [2.05, 4.69) is 4.98 Å². The van der Waals surface area contributed by atoms with Crippen LogP contribution in [0.5, 0.6) is 0 Å². The molecule has 0 bridgehead atoms. The standard InChI is InChI=1S/C18H20F2N2O2/c1-18(2,3)15-10-21-16(24-15)17(23)22-8-4-5-14(22)12-9-11(19)6-7-13(12)20/h6-7,9-10,14H,4-5,8H2,1-3H3. The number of benzene rings is 1. The molecule has 0 N–H and O–H groups in total. The van der Waals surface area contributed by atoms with Crippen molar-refractivity contribution in [3.8, 4) is 0 Å². The van der Waals surface area contributed by atoms with Crippen LogP contribution in [0.3, 0.4) is 0 Å². The number of amides is 1. The van der Waals surface area contributed by atoms with Crippen molar-refractivity contribution in [2.75, 3.05) is 6.54 Å². The van der Waals surface area contributed by atoms with E-state index in [-0.39, 0.29) is 16.9 Å². The maximum Gasteiger partial charge on any atom is 0.310 e. The summed E-state index contributed by atoms with van der Waals surface area (Å²) in [6, 6.07) is 2.82. The summed E-state index contributed by atoms with van der Waals surface area (Å²) in [5, 5.41) is 0. The smallest absolute Gasteiger partial charge is 0.310 e. The Bertz CT molecular complexity index is 765. The zero-order valence-electron chi connectivity index (χ0n) is 14.0. The summed E-state index contributed by atoms with van der Waals surface area (Å²) in [7, 11) is 0. The number of nitrogens with zero attached hydrogens (tertiary/aromatic N) is 2. The monoisotopic (exact) mass is 334 g/mol. The third-order valence-electron chi connectivity index (χ3n) is 4.26. The van der Waals surface area contributed by atoms with Crippen LogP contribution in [0.2, 0.25) is 0 Å². The van der Waals surface area contributed by atoms with E-state index < -0.39 is 23.6 Å². The first kappa shape index (κ1) is 16.6. The van der Waals surface area contributed by atoms with Crippen LogP contribution in [0.4, 0.5) is 8.78 Å². The third kappa shape index (κ3) is 3.05. The average molecular weight is 334 g/mol. The Morgan fingerprint density at radius 1 is 1.33 bits per heavy atom. The lowest BCUT2D eigenvalue weighted by Gasteiger charge is -2.24. The van der Waals surface area contributed by atoms with Crippen LogP contribution in [-0.4, -0.2) is 22.3 Å². The van der Waals surface area contributed by atoms with E-state index >= 15 is 0 Å². The molecule has 1 saturated heterocycles. The molecule has 3 rings (SSSR count). The largest absolute Gasteiger partial charge is 0.437 e. The number of hydrogen-bond acceptors (Lipinski definition) is 3. The molecule has 4 nitrogen and oxygen atoms in total. The number of carbonyl (C=O) groups is 1. The summed E-state index contributed by atoms with van der Waals surface area (Å²) >= 11 is 0. The molecule has 0 spiro atoms. The van der Waals surface area contributed by atoms with Gasteiger partial charge < -0.3 is 9.32 Å². The predicted molar refractivity (Wildman–Crippen MR) is 84.6 cm³/mol. The second kappa shape index (κ2) is 6.00. The predicted octanol–water partition coefficient (Wildman–Crippen LogP) is 4.23. The maximum atomic E-state index is 14.1. The first-order valence-corrected chi connectivity index (χ1v) is 7.99. The number of rotatable bonds is 2. The molecular weight excluding hydrogens is 314 g/mol. The van der Waals surface area contributed by atoms with Crippen molar-refractivity contribution in [3.05, 3.63) is 53.2 Å². The molecule has 1 aliphatic rings. The lowest BCUT2D eigenvalue weighted by Crippen LogP contribution is -2.31. The number of aromatic nitrogens is 1.